The molecule has 0 aliphatic heterocycles. The van der Waals surface area contributed by atoms with Gasteiger partial charge in [0.15, 0.2) is 5.96 Å². The molecule has 1 N–H and O–H groups in total. The van der Waals surface area contributed by atoms with E-state index >= 15 is 0 Å². The molecule has 0 saturated heterocycles. The third kappa shape index (κ3) is 9.28. The van der Waals surface area contributed by atoms with Crippen molar-refractivity contribution in [1.29, 1.82) is 0 Å². The predicted molar refractivity (Wildman–Crippen MR) is 79.2 cm³/mol. The van der Waals surface area contributed by atoms with Crippen LogP contribution in [0.25, 0.3) is 0 Å². The van der Waals surface area contributed by atoms with Crippen LogP contribution in [0.4, 0.5) is 0 Å². The zero-order valence-corrected chi connectivity index (χ0v) is 12.8. The largest absolute Gasteiger partial charge is 0.379 e. The van der Waals surface area contributed by atoms with Crippen LogP contribution >= 0.6 is 0 Å². The van der Waals surface area contributed by atoms with E-state index in [0.717, 1.165) is 32.2 Å². The van der Waals surface area contributed by atoms with Gasteiger partial charge in [0, 0.05) is 26.7 Å². The summed E-state index contributed by atoms with van der Waals surface area (Å²) >= 11 is 0. The fourth-order valence-electron chi connectivity index (χ4n) is 1.51. The van der Waals surface area contributed by atoms with Gasteiger partial charge in [0.2, 0.25) is 0 Å². The molecule has 18 heavy (non-hydrogen) atoms. The molecule has 0 unspecified atom stereocenters. The summed E-state index contributed by atoms with van der Waals surface area (Å²) in [5, 5.41) is 3.31. The third-order valence-corrected chi connectivity index (χ3v) is 2.49. The maximum atomic E-state index is 5.53. The molecule has 0 aliphatic rings. The predicted octanol–water partition coefficient (Wildman–Crippen LogP) is 2.36. The van der Waals surface area contributed by atoms with E-state index in [1.165, 1.54) is 12.8 Å². The van der Waals surface area contributed by atoms with Crippen LogP contribution in [-0.2, 0) is 4.74 Å². The first-order valence-corrected chi connectivity index (χ1v) is 7.18. The maximum absolute atomic E-state index is 5.53. The van der Waals surface area contributed by atoms with Crippen LogP contribution in [0.5, 0.6) is 0 Å². The quantitative estimate of drug-likeness (QED) is 0.391. The van der Waals surface area contributed by atoms with Crippen molar-refractivity contribution in [3.8, 4) is 0 Å². The SMILES string of the molecule is CCCCN(C)C(=NCCOCC(C)C)NCC. The van der Waals surface area contributed by atoms with Gasteiger partial charge in [0.05, 0.1) is 13.2 Å². The lowest BCUT2D eigenvalue weighted by molar-refractivity contribution is 0.116. The molecule has 0 spiro atoms. The highest BCUT2D eigenvalue weighted by Gasteiger charge is 2.03. The highest BCUT2D eigenvalue weighted by Crippen LogP contribution is 1.94. The summed E-state index contributed by atoms with van der Waals surface area (Å²) in [6.07, 6.45) is 2.41. The summed E-state index contributed by atoms with van der Waals surface area (Å²) in [7, 11) is 2.09. The minimum Gasteiger partial charge on any atom is -0.379 e. The standard InChI is InChI=1S/C14H31N3O/c1-6-8-10-17(5)14(15-7-2)16-9-11-18-12-13(3)4/h13H,6-12H2,1-5H3,(H,15,16). The smallest absolute Gasteiger partial charge is 0.193 e. The summed E-state index contributed by atoms with van der Waals surface area (Å²) in [5.41, 5.74) is 0. The molecule has 0 radical (unpaired) electrons. The molecular formula is C14H31N3O. The normalized spacial score (nSPS) is 12.0. The van der Waals surface area contributed by atoms with E-state index in [4.69, 9.17) is 4.74 Å². The Morgan fingerprint density at radius 2 is 2.06 bits per heavy atom. The Labute approximate surface area is 113 Å². The van der Waals surface area contributed by atoms with Gasteiger partial charge in [0.1, 0.15) is 0 Å². The third-order valence-electron chi connectivity index (χ3n) is 2.49. The molecule has 4 heteroatoms. The topological polar surface area (TPSA) is 36.9 Å². The van der Waals surface area contributed by atoms with Crippen LogP contribution in [0.15, 0.2) is 4.99 Å². The number of hydrogen-bond acceptors (Lipinski definition) is 2. The summed E-state index contributed by atoms with van der Waals surface area (Å²) < 4.78 is 5.53. The summed E-state index contributed by atoms with van der Waals surface area (Å²) in [6.45, 7) is 12.8. The van der Waals surface area contributed by atoms with E-state index in [-0.39, 0.29) is 0 Å². The van der Waals surface area contributed by atoms with E-state index in [1.807, 2.05) is 0 Å². The van der Waals surface area contributed by atoms with Gasteiger partial charge in [-0.25, -0.2) is 0 Å². The minimum atomic E-state index is 0.592. The first-order valence-electron chi connectivity index (χ1n) is 7.18. The summed E-state index contributed by atoms with van der Waals surface area (Å²) in [5.74, 6) is 1.58. The highest BCUT2D eigenvalue weighted by molar-refractivity contribution is 5.79. The average Bonchev–Trinajstić information content (AvgIpc) is 2.33. The van der Waals surface area contributed by atoms with Crippen LogP contribution in [0, 0.1) is 5.92 Å². The van der Waals surface area contributed by atoms with Gasteiger partial charge >= 0.3 is 0 Å². The Morgan fingerprint density at radius 1 is 1.33 bits per heavy atom. The average molecular weight is 257 g/mol. The molecule has 0 bridgehead atoms. The Morgan fingerprint density at radius 3 is 2.61 bits per heavy atom. The van der Waals surface area contributed by atoms with Crippen molar-refractivity contribution in [2.24, 2.45) is 10.9 Å². The lowest BCUT2D eigenvalue weighted by Gasteiger charge is -2.21. The monoisotopic (exact) mass is 257 g/mol. The van der Waals surface area contributed by atoms with E-state index in [2.05, 4.69) is 50.0 Å². The van der Waals surface area contributed by atoms with Crippen molar-refractivity contribution in [1.82, 2.24) is 10.2 Å². The zero-order valence-electron chi connectivity index (χ0n) is 12.8. The van der Waals surface area contributed by atoms with Gasteiger partial charge in [-0.1, -0.05) is 27.2 Å². The number of guanidine groups is 1. The summed E-state index contributed by atoms with van der Waals surface area (Å²) in [4.78, 5) is 6.76. The van der Waals surface area contributed by atoms with Gasteiger partial charge in [-0.05, 0) is 19.3 Å². The highest BCUT2D eigenvalue weighted by atomic mass is 16.5. The van der Waals surface area contributed by atoms with Crippen LogP contribution in [0.2, 0.25) is 0 Å². The number of rotatable bonds is 9. The second-order valence-electron chi connectivity index (χ2n) is 4.98. The van der Waals surface area contributed by atoms with Crippen molar-refractivity contribution in [2.45, 2.75) is 40.5 Å². The van der Waals surface area contributed by atoms with Crippen molar-refractivity contribution in [3.05, 3.63) is 0 Å². The van der Waals surface area contributed by atoms with Crippen molar-refractivity contribution >= 4 is 5.96 Å². The molecule has 0 aromatic carbocycles. The first kappa shape index (κ1) is 17.2. The molecule has 108 valence electrons. The van der Waals surface area contributed by atoms with Gasteiger partial charge in [-0.2, -0.15) is 0 Å². The van der Waals surface area contributed by atoms with Gasteiger partial charge in [0.25, 0.3) is 0 Å². The van der Waals surface area contributed by atoms with Crippen LogP contribution in [0.1, 0.15) is 40.5 Å². The van der Waals surface area contributed by atoms with Crippen LogP contribution in [0.3, 0.4) is 0 Å². The van der Waals surface area contributed by atoms with Gasteiger partial charge in [-0.3, -0.25) is 4.99 Å². The fraction of sp³-hybridized carbons (Fsp3) is 0.929. The van der Waals surface area contributed by atoms with Crippen molar-refractivity contribution in [3.63, 3.8) is 0 Å². The molecule has 0 aromatic heterocycles. The Balaban J connectivity index is 3.98. The van der Waals surface area contributed by atoms with E-state index in [1.54, 1.807) is 0 Å². The summed E-state index contributed by atoms with van der Waals surface area (Å²) in [6, 6.07) is 0. The number of unbranched alkanes of at least 4 members (excludes halogenated alkanes) is 1. The van der Waals surface area contributed by atoms with Crippen molar-refractivity contribution in [2.75, 3.05) is 39.9 Å². The van der Waals surface area contributed by atoms with Gasteiger partial charge in [-0.15, -0.1) is 0 Å². The second-order valence-corrected chi connectivity index (χ2v) is 4.98. The number of nitrogens with one attached hydrogen (secondary N) is 1. The van der Waals surface area contributed by atoms with Crippen molar-refractivity contribution < 1.29 is 4.74 Å². The lowest BCUT2D eigenvalue weighted by atomic mass is 10.2. The molecule has 0 fully saturated rings. The molecule has 0 atom stereocenters. The fourth-order valence-corrected chi connectivity index (χ4v) is 1.51. The Hall–Kier alpha value is -0.770. The molecule has 4 nitrogen and oxygen atoms in total. The molecule has 0 aromatic rings. The Kier molecular flexibility index (Phi) is 10.8. The molecule has 0 heterocycles. The minimum absolute atomic E-state index is 0.592. The van der Waals surface area contributed by atoms with Crippen LogP contribution in [-0.4, -0.2) is 50.8 Å². The number of aliphatic imine (C=N–C) groups is 1. The molecule has 0 amide bonds. The lowest BCUT2D eigenvalue weighted by Crippen LogP contribution is -2.39. The molecule has 0 saturated carbocycles. The second kappa shape index (κ2) is 11.3. The first-order chi connectivity index (χ1) is 8.61. The molecular weight excluding hydrogens is 226 g/mol. The number of ether oxygens (including phenoxy) is 1. The molecule has 0 rings (SSSR count). The number of nitrogens with zero attached hydrogens (tertiary/aromatic N) is 2. The molecule has 0 aliphatic carbocycles. The zero-order chi connectivity index (χ0) is 13.8. The van der Waals surface area contributed by atoms with Gasteiger partial charge < -0.3 is 15.0 Å². The van der Waals surface area contributed by atoms with E-state index in [9.17, 15) is 0 Å². The maximum Gasteiger partial charge on any atom is 0.193 e. The van der Waals surface area contributed by atoms with Crippen LogP contribution < -0.4 is 5.32 Å². The van der Waals surface area contributed by atoms with E-state index < -0.39 is 0 Å². The number of hydrogen-bond donors (Lipinski definition) is 1. The Bertz CT molecular complexity index is 217. The van der Waals surface area contributed by atoms with E-state index in [0.29, 0.717) is 12.5 Å².